The van der Waals surface area contributed by atoms with E-state index < -0.39 is 0 Å². The Hall–Kier alpha value is -0.520. The van der Waals surface area contributed by atoms with Crippen LogP contribution in [0.2, 0.25) is 0 Å². The molecule has 2 fully saturated rings. The van der Waals surface area contributed by atoms with Crippen molar-refractivity contribution in [1.82, 2.24) is 0 Å². The molecule has 0 aromatic rings. The summed E-state index contributed by atoms with van der Waals surface area (Å²) in [7, 11) is 0. The first kappa shape index (κ1) is 11.0. The Balaban J connectivity index is 2.01. The summed E-state index contributed by atoms with van der Waals surface area (Å²) in [6.45, 7) is 11.2. The lowest BCUT2D eigenvalue weighted by atomic mass is 9.69. The molecule has 0 aliphatic heterocycles. The van der Waals surface area contributed by atoms with Gasteiger partial charge >= 0.3 is 0 Å². The monoisotopic (exact) mass is 204 g/mol. The second-order valence-corrected chi connectivity index (χ2v) is 5.97. The minimum absolute atomic E-state index is 0.467. The van der Waals surface area contributed by atoms with Gasteiger partial charge in [0.2, 0.25) is 0 Å². The van der Waals surface area contributed by atoms with Crippen molar-refractivity contribution in [1.29, 1.82) is 0 Å². The fraction of sp³-hybridized carbons (Fsp3) is 0.733. The largest absolute Gasteiger partial charge is 0.0990 e. The minimum Gasteiger partial charge on any atom is -0.0990 e. The number of hydrogen-bond donors (Lipinski definition) is 0. The highest BCUT2D eigenvalue weighted by Crippen LogP contribution is 2.60. The molecule has 0 aromatic heterocycles. The van der Waals surface area contributed by atoms with Gasteiger partial charge in [-0.3, -0.25) is 0 Å². The first-order valence-corrected chi connectivity index (χ1v) is 6.36. The van der Waals surface area contributed by atoms with Crippen molar-refractivity contribution < 1.29 is 0 Å². The van der Waals surface area contributed by atoms with E-state index in [-0.39, 0.29) is 0 Å². The van der Waals surface area contributed by atoms with E-state index in [0.717, 1.165) is 11.8 Å². The summed E-state index contributed by atoms with van der Waals surface area (Å²) in [5, 5.41) is 0. The summed E-state index contributed by atoms with van der Waals surface area (Å²) in [6.07, 6.45) is 9.24. The molecule has 0 aromatic carbocycles. The Morgan fingerprint density at radius 2 is 2.20 bits per heavy atom. The molecule has 2 saturated carbocycles. The van der Waals surface area contributed by atoms with Crippen molar-refractivity contribution in [2.24, 2.45) is 17.3 Å². The summed E-state index contributed by atoms with van der Waals surface area (Å²) < 4.78 is 0. The van der Waals surface area contributed by atoms with Crippen LogP contribution in [0, 0.1) is 17.3 Å². The summed E-state index contributed by atoms with van der Waals surface area (Å²) in [6, 6.07) is 0. The van der Waals surface area contributed by atoms with Gasteiger partial charge in [-0.25, -0.2) is 0 Å². The van der Waals surface area contributed by atoms with Crippen LogP contribution in [0.15, 0.2) is 23.8 Å². The van der Waals surface area contributed by atoms with Crippen molar-refractivity contribution in [3.05, 3.63) is 23.8 Å². The van der Waals surface area contributed by atoms with Gasteiger partial charge in [0.1, 0.15) is 0 Å². The molecule has 0 saturated heterocycles. The number of rotatable bonds is 3. The smallest absolute Gasteiger partial charge is 0.00849 e. The van der Waals surface area contributed by atoms with Crippen LogP contribution in [0.1, 0.15) is 52.9 Å². The molecule has 0 amide bonds. The molecule has 0 heteroatoms. The Kier molecular flexibility index (Phi) is 2.79. The van der Waals surface area contributed by atoms with Gasteiger partial charge in [0.25, 0.3) is 0 Å². The second kappa shape index (κ2) is 3.81. The Labute approximate surface area is 94.5 Å². The van der Waals surface area contributed by atoms with Gasteiger partial charge < -0.3 is 0 Å². The number of allylic oxidation sites excluding steroid dienone is 3. The lowest BCUT2D eigenvalue weighted by molar-refractivity contribution is 0.241. The van der Waals surface area contributed by atoms with Crippen LogP contribution in [0.5, 0.6) is 0 Å². The molecule has 2 aliphatic carbocycles. The number of hydrogen-bond acceptors (Lipinski definition) is 0. The van der Waals surface area contributed by atoms with Crippen LogP contribution in [0.4, 0.5) is 0 Å². The van der Waals surface area contributed by atoms with Gasteiger partial charge in [-0.15, -0.1) is 0 Å². The maximum atomic E-state index is 4.37. The molecule has 2 bridgehead atoms. The lowest BCUT2D eigenvalue weighted by Crippen LogP contribution is -2.25. The Morgan fingerprint density at radius 1 is 1.47 bits per heavy atom. The summed E-state index contributed by atoms with van der Waals surface area (Å²) in [4.78, 5) is 0. The average Bonchev–Trinajstić information content (AvgIpc) is 2.70. The normalized spacial score (nSPS) is 38.5. The van der Waals surface area contributed by atoms with Crippen LogP contribution in [0.25, 0.3) is 0 Å². The zero-order chi connectivity index (χ0) is 11.1. The van der Waals surface area contributed by atoms with Gasteiger partial charge in [0.05, 0.1) is 0 Å². The predicted molar refractivity (Wildman–Crippen MR) is 66.7 cm³/mol. The first-order valence-electron chi connectivity index (χ1n) is 6.36. The number of fused-ring (bicyclic) bond motifs is 2. The highest BCUT2D eigenvalue weighted by molar-refractivity contribution is 5.24. The summed E-state index contributed by atoms with van der Waals surface area (Å²) in [5.74, 6) is 1.81. The molecule has 2 rings (SSSR count). The van der Waals surface area contributed by atoms with Gasteiger partial charge in [0, 0.05) is 0 Å². The van der Waals surface area contributed by atoms with E-state index in [1.54, 1.807) is 5.57 Å². The Bertz CT molecular complexity index is 293. The van der Waals surface area contributed by atoms with Crippen LogP contribution in [-0.4, -0.2) is 0 Å². The molecule has 3 atom stereocenters. The highest BCUT2D eigenvalue weighted by atomic mass is 14.5. The lowest BCUT2D eigenvalue weighted by Gasteiger charge is -2.36. The topological polar surface area (TPSA) is 0 Å². The zero-order valence-electron chi connectivity index (χ0n) is 10.5. The second-order valence-electron chi connectivity index (χ2n) is 5.97. The maximum absolute atomic E-state index is 4.37. The molecular formula is C15H24. The van der Waals surface area contributed by atoms with Crippen LogP contribution < -0.4 is 0 Å². The highest BCUT2D eigenvalue weighted by Gasteiger charge is 2.49. The van der Waals surface area contributed by atoms with E-state index in [1.807, 2.05) is 0 Å². The molecule has 0 spiro atoms. The molecule has 0 radical (unpaired) electrons. The fourth-order valence-corrected chi connectivity index (χ4v) is 3.63. The molecule has 0 nitrogen and oxygen atoms in total. The first-order chi connectivity index (χ1) is 7.04. The van der Waals surface area contributed by atoms with E-state index in [1.165, 1.54) is 37.7 Å². The van der Waals surface area contributed by atoms with Gasteiger partial charge in [-0.1, -0.05) is 30.7 Å². The summed E-state index contributed by atoms with van der Waals surface area (Å²) in [5.41, 5.74) is 3.49. The van der Waals surface area contributed by atoms with Gasteiger partial charge in [-0.2, -0.15) is 0 Å². The van der Waals surface area contributed by atoms with E-state index in [9.17, 15) is 0 Å². The molecule has 0 heterocycles. The Morgan fingerprint density at radius 3 is 2.73 bits per heavy atom. The molecular weight excluding hydrogens is 180 g/mol. The van der Waals surface area contributed by atoms with Crippen LogP contribution in [-0.2, 0) is 0 Å². The van der Waals surface area contributed by atoms with E-state index in [0.29, 0.717) is 5.41 Å². The van der Waals surface area contributed by atoms with Gasteiger partial charge in [0.15, 0.2) is 0 Å². The standard InChI is InChI=1S/C15H24/c1-11(2)6-5-9-15(4)12(3)13-7-8-14(15)10-13/h6,13-14H,3,5,7-10H2,1-2,4H3/t13?,14-,15?/m0/s1. The SMILES string of the molecule is C=C1C2CC[C@@H](C2)C1(C)CCC=C(C)C. The molecule has 0 N–H and O–H groups in total. The fourth-order valence-electron chi connectivity index (χ4n) is 3.63. The van der Waals surface area contributed by atoms with Crippen molar-refractivity contribution in [3.63, 3.8) is 0 Å². The molecule has 2 unspecified atom stereocenters. The molecule has 2 aliphatic rings. The third kappa shape index (κ3) is 1.79. The quantitative estimate of drug-likeness (QED) is 0.583. The zero-order valence-corrected chi connectivity index (χ0v) is 10.5. The summed E-state index contributed by atoms with van der Waals surface area (Å²) >= 11 is 0. The third-order valence-corrected chi connectivity index (χ3v) is 4.78. The van der Waals surface area contributed by atoms with Crippen molar-refractivity contribution >= 4 is 0 Å². The van der Waals surface area contributed by atoms with Crippen molar-refractivity contribution in [3.8, 4) is 0 Å². The average molecular weight is 204 g/mol. The third-order valence-electron chi connectivity index (χ3n) is 4.78. The van der Waals surface area contributed by atoms with E-state index in [4.69, 9.17) is 0 Å². The molecule has 15 heavy (non-hydrogen) atoms. The van der Waals surface area contributed by atoms with Gasteiger partial charge in [-0.05, 0) is 63.2 Å². The van der Waals surface area contributed by atoms with Crippen molar-refractivity contribution in [2.75, 3.05) is 0 Å². The van der Waals surface area contributed by atoms with E-state index >= 15 is 0 Å². The maximum Gasteiger partial charge on any atom is -0.00849 e. The predicted octanol–water partition coefficient (Wildman–Crippen LogP) is 4.73. The molecule has 84 valence electrons. The van der Waals surface area contributed by atoms with E-state index in [2.05, 4.69) is 33.4 Å². The van der Waals surface area contributed by atoms with Crippen LogP contribution >= 0.6 is 0 Å². The van der Waals surface area contributed by atoms with Crippen LogP contribution in [0.3, 0.4) is 0 Å². The van der Waals surface area contributed by atoms with Crippen molar-refractivity contribution in [2.45, 2.75) is 52.9 Å². The minimum atomic E-state index is 0.467.